The van der Waals surface area contributed by atoms with Crippen molar-refractivity contribution in [3.63, 3.8) is 0 Å². The molecule has 0 radical (unpaired) electrons. The predicted molar refractivity (Wildman–Crippen MR) is 79.5 cm³/mol. The van der Waals surface area contributed by atoms with Gasteiger partial charge < -0.3 is 10.1 Å². The van der Waals surface area contributed by atoms with Crippen LogP contribution in [0.25, 0.3) is 0 Å². The number of rotatable bonds is 6. The standard InChI is InChI=1S/C17H17FN2O/c1-13-3-2-4-16(9-13)21-8-7-20-12-15-6-5-14(11-19)10-17(15)18/h2-6,9-10,20H,7-8,12H2,1H3. The average molecular weight is 284 g/mol. The SMILES string of the molecule is Cc1cccc(OCCNCc2ccc(C#N)cc2F)c1. The molecule has 108 valence electrons. The van der Waals surface area contributed by atoms with Crippen molar-refractivity contribution in [3.8, 4) is 11.8 Å². The van der Waals surface area contributed by atoms with Crippen molar-refractivity contribution >= 4 is 0 Å². The Labute approximate surface area is 124 Å². The zero-order chi connectivity index (χ0) is 15.1. The van der Waals surface area contributed by atoms with Gasteiger partial charge in [-0.05, 0) is 36.8 Å². The first-order chi connectivity index (χ1) is 10.2. The molecule has 0 aliphatic rings. The van der Waals surface area contributed by atoms with E-state index in [9.17, 15) is 4.39 Å². The fraction of sp³-hybridized carbons (Fsp3) is 0.235. The van der Waals surface area contributed by atoms with Gasteiger partial charge in [0.1, 0.15) is 18.2 Å². The molecule has 2 rings (SSSR count). The van der Waals surface area contributed by atoms with Gasteiger partial charge >= 0.3 is 0 Å². The van der Waals surface area contributed by atoms with Crippen molar-refractivity contribution in [2.75, 3.05) is 13.2 Å². The van der Waals surface area contributed by atoms with Gasteiger partial charge in [-0.2, -0.15) is 5.26 Å². The molecule has 0 spiro atoms. The summed E-state index contributed by atoms with van der Waals surface area (Å²) in [6, 6.07) is 14.2. The van der Waals surface area contributed by atoms with Gasteiger partial charge in [-0.15, -0.1) is 0 Å². The highest BCUT2D eigenvalue weighted by Crippen LogP contribution is 2.12. The number of halogens is 1. The molecule has 0 aliphatic carbocycles. The van der Waals surface area contributed by atoms with Crippen LogP contribution in [0.1, 0.15) is 16.7 Å². The van der Waals surface area contributed by atoms with Gasteiger partial charge in [0.05, 0.1) is 11.6 Å². The molecule has 0 amide bonds. The summed E-state index contributed by atoms with van der Waals surface area (Å²) < 4.78 is 19.2. The van der Waals surface area contributed by atoms with Gasteiger partial charge in [0.25, 0.3) is 0 Å². The van der Waals surface area contributed by atoms with E-state index in [0.29, 0.717) is 30.8 Å². The molecule has 1 N–H and O–H groups in total. The second-order valence-corrected chi connectivity index (χ2v) is 4.76. The molecule has 0 atom stereocenters. The van der Waals surface area contributed by atoms with E-state index in [1.165, 1.54) is 6.07 Å². The number of nitriles is 1. The lowest BCUT2D eigenvalue weighted by molar-refractivity contribution is 0.313. The van der Waals surface area contributed by atoms with Crippen LogP contribution in [0.15, 0.2) is 42.5 Å². The van der Waals surface area contributed by atoms with Crippen LogP contribution >= 0.6 is 0 Å². The van der Waals surface area contributed by atoms with Gasteiger partial charge in [-0.3, -0.25) is 0 Å². The second kappa shape index (κ2) is 7.41. The van der Waals surface area contributed by atoms with Gasteiger partial charge in [0.2, 0.25) is 0 Å². The lowest BCUT2D eigenvalue weighted by Gasteiger charge is -2.09. The first-order valence-electron chi connectivity index (χ1n) is 6.78. The maximum atomic E-state index is 13.6. The maximum Gasteiger partial charge on any atom is 0.129 e. The van der Waals surface area contributed by atoms with E-state index in [4.69, 9.17) is 10.00 Å². The summed E-state index contributed by atoms with van der Waals surface area (Å²) in [5.41, 5.74) is 2.03. The normalized spacial score (nSPS) is 10.1. The van der Waals surface area contributed by atoms with E-state index in [0.717, 1.165) is 11.3 Å². The Bertz CT molecular complexity index is 649. The number of aryl methyl sites for hydroxylation is 1. The predicted octanol–water partition coefficient (Wildman–Crippen LogP) is 3.17. The third-order valence-electron chi connectivity index (χ3n) is 3.03. The van der Waals surface area contributed by atoms with Crippen molar-refractivity contribution < 1.29 is 9.13 Å². The Morgan fingerprint density at radius 2 is 2.10 bits per heavy atom. The van der Waals surface area contributed by atoms with Crippen molar-refractivity contribution in [3.05, 3.63) is 65.0 Å². The molecule has 2 aromatic rings. The van der Waals surface area contributed by atoms with E-state index in [-0.39, 0.29) is 5.82 Å². The fourth-order valence-corrected chi connectivity index (χ4v) is 1.93. The van der Waals surface area contributed by atoms with Crippen LogP contribution in [0.3, 0.4) is 0 Å². The summed E-state index contributed by atoms with van der Waals surface area (Å²) in [4.78, 5) is 0. The summed E-state index contributed by atoms with van der Waals surface area (Å²) in [6.07, 6.45) is 0. The van der Waals surface area contributed by atoms with Crippen LogP contribution in [0, 0.1) is 24.1 Å². The minimum absolute atomic E-state index is 0.332. The second-order valence-electron chi connectivity index (χ2n) is 4.76. The van der Waals surface area contributed by atoms with Gasteiger partial charge in [-0.25, -0.2) is 4.39 Å². The molecular formula is C17H17FN2O. The summed E-state index contributed by atoms with van der Waals surface area (Å²) in [5, 5.41) is 11.8. The Kier molecular flexibility index (Phi) is 5.30. The summed E-state index contributed by atoms with van der Waals surface area (Å²) in [5.74, 6) is 0.475. The number of ether oxygens (including phenoxy) is 1. The largest absolute Gasteiger partial charge is 0.492 e. The Hall–Kier alpha value is -2.38. The molecule has 4 heteroatoms. The molecule has 0 saturated carbocycles. The lowest BCUT2D eigenvalue weighted by Crippen LogP contribution is -2.21. The Balaban J connectivity index is 1.74. The highest BCUT2D eigenvalue weighted by atomic mass is 19.1. The summed E-state index contributed by atoms with van der Waals surface area (Å²) >= 11 is 0. The van der Waals surface area contributed by atoms with E-state index >= 15 is 0 Å². The minimum atomic E-state index is -0.360. The summed E-state index contributed by atoms with van der Waals surface area (Å²) in [7, 11) is 0. The third kappa shape index (κ3) is 4.59. The summed E-state index contributed by atoms with van der Waals surface area (Å²) in [6.45, 7) is 3.56. The van der Waals surface area contributed by atoms with Crippen molar-refractivity contribution in [2.45, 2.75) is 13.5 Å². The number of nitrogens with zero attached hydrogens (tertiary/aromatic N) is 1. The maximum absolute atomic E-state index is 13.6. The number of benzene rings is 2. The minimum Gasteiger partial charge on any atom is -0.492 e. The molecule has 2 aromatic carbocycles. The van der Waals surface area contributed by atoms with Crippen molar-refractivity contribution in [1.29, 1.82) is 5.26 Å². The molecule has 0 aliphatic heterocycles. The Morgan fingerprint density at radius 3 is 2.81 bits per heavy atom. The molecule has 0 heterocycles. The van der Waals surface area contributed by atoms with Crippen LogP contribution in [0.4, 0.5) is 4.39 Å². The molecule has 3 nitrogen and oxygen atoms in total. The molecule has 0 aromatic heterocycles. The first kappa shape index (κ1) is 15.0. The molecule has 21 heavy (non-hydrogen) atoms. The van der Waals surface area contributed by atoms with Crippen LogP contribution in [0.5, 0.6) is 5.75 Å². The van der Waals surface area contributed by atoms with Gasteiger partial charge in [0, 0.05) is 18.7 Å². The van der Waals surface area contributed by atoms with Crippen LogP contribution in [-0.4, -0.2) is 13.2 Å². The molecule has 0 fully saturated rings. The van der Waals surface area contributed by atoms with Gasteiger partial charge in [-0.1, -0.05) is 18.2 Å². The molecule has 0 unspecified atom stereocenters. The van der Waals surface area contributed by atoms with Crippen LogP contribution in [0.2, 0.25) is 0 Å². The van der Waals surface area contributed by atoms with Crippen LogP contribution < -0.4 is 10.1 Å². The lowest BCUT2D eigenvalue weighted by atomic mass is 10.1. The molecule has 0 saturated heterocycles. The number of hydrogen-bond donors (Lipinski definition) is 1. The highest BCUT2D eigenvalue weighted by Gasteiger charge is 2.03. The average Bonchev–Trinajstić information content (AvgIpc) is 2.48. The zero-order valence-electron chi connectivity index (χ0n) is 11.9. The smallest absolute Gasteiger partial charge is 0.129 e. The number of nitrogens with one attached hydrogen (secondary N) is 1. The van der Waals surface area contributed by atoms with E-state index < -0.39 is 0 Å². The van der Waals surface area contributed by atoms with E-state index in [1.807, 2.05) is 37.3 Å². The van der Waals surface area contributed by atoms with Crippen molar-refractivity contribution in [1.82, 2.24) is 5.32 Å². The monoisotopic (exact) mass is 284 g/mol. The van der Waals surface area contributed by atoms with E-state index in [1.54, 1.807) is 12.1 Å². The van der Waals surface area contributed by atoms with Crippen molar-refractivity contribution in [2.24, 2.45) is 0 Å². The third-order valence-corrected chi connectivity index (χ3v) is 3.03. The zero-order valence-corrected chi connectivity index (χ0v) is 11.9. The topological polar surface area (TPSA) is 45.0 Å². The fourth-order valence-electron chi connectivity index (χ4n) is 1.93. The quantitative estimate of drug-likeness (QED) is 0.829. The molecular weight excluding hydrogens is 267 g/mol. The Morgan fingerprint density at radius 1 is 1.24 bits per heavy atom. The highest BCUT2D eigenvalue weighted by molar-refractivity contribution is 5.32. The van der Waals surface area contributed by atoms with Gasteiger partial charge in [0.15, 0.2) is 0 Å². The van der Waals surface area contributed by atoms with Crippen LogP contribution in [-0.2, 0) is 6.54 Å². The van der Waals surface area contributed by atoms with E-state index in [2.05, 4.69) is 5.32 Å². The molecule has 0 bridgehead atoms. The first-order valence-corrected chi connectivity index (χ1v) is 6.78. The number of hydrogen-bond acceptors (Lipinski definition) is 3.